The number of hydrogen-bond donors (Lipinski definition) is 0. The Labute approximate surface area is 156 Å². The Morgan fingerprint density at radius 2 is 1.59 bits per heavy atom. The molecular formula is C24H13N3. The fourth-order valence-corrected chi connectivity index (χ4v) is 3.88. The number of para-hydroxylation sites is 1. The molecule has 0 bridgehead atoms. The van der Waals surface area contributed by atoms with E-state index in [0.29, 0.717) is 11.3 Å². The van der Waals surface area contributed by atoms with Crippen LogP contribution >= 0.6 is 0 Å². The topological polar surface area (TPSA) is 33.1 Å². The molecule has 3 heteroatoms. The van der Waals surface area contributed by atoms with Crippen LogP contribution in [0, 0.1) is 17.9 Å². The number of rotatable bonds is 1. The summed E-state index contributed by atoms with van der Waals surface area (Å²) in [4.78, 5) is 3.46. The molecule has 0 unspecified atom stereocenters. The van der Waals surface area contributed by atoms with E-state index in [4.69, 9.17) is 6.57 Å². The van der Waals surface area contributed by atoms with Crippen LogP contribution in [0.15, 0.2) is 78.9 Å². The van der Waals surface area contributed by atoms with Gasteiger partial charge in [0.25, 0.3) is 0 Å². The highest BCUT2D eigenvalue weighted by Crippen LogP contribution is 2.37. The molecule has 0 atom stereocenters. The summed E-state index contributed by atoms with van der Waals surface area (Å²) in [6.07, 6.45) is 0. The lowest BCUT2D eigenvalue weighted by atomic mass is 10.0. The van der Waals surface area contributed by atoms with E-state index >= 15 is 0 Å². The van der Waals surface area contributed by atoms with Crippen LogP contribution in [-0.2, 0) is 0 Å². The van der Waals surface area contributed by atoms with Crippen molar-refractivity contribution < 1.29 is 0 Å². The second-order valence-electron chi connectivity index (χ2n) is 6.46. The van der Waals surface area contributed by atoms with Crippen molar-refractivity contribution in [2.45, 2.75) is 0 Å². The number of nitrogens with zero attached hydrogens (tertiary/aromatic N) is 3. The standard InChI is InChI=1S/C24H13N3/c1-26-18-11-13-21(17(14-18)15-25)27-22-9-5-4-8-20(22)24-19-7-3-2-6-16(19)10-12-23(24)27/h2-14H. The van der Waals surface area contributed by atoms with Crippen LogP contribution in [-0.4, -0.2) is 4.57 Å². The molecule has 1 heterocycles. The van der Waals surface area contributed by atoms with Gasteiger partial charge in [-0.2, -0.15) is 5.26 Å². The van der Waals surface area contributed by atoms with Gasteiger partial charge in [-0.05, 0) is 35.0 Å². The summed E-state index contributed by atoms with van der Waals surface area (Å²) >= 11 is 0. The molecular weight excluding hydrogens is 330 g/mol. The first-order valence-corrected chi connectivity index (χ1v) is 8.65. The molecule has 0 saturated carbocycles. The third-order valence-electron chi connectivity index (χ3n) is 5.03. The van der Waals surface area contributed by atoms with Gasteiger partial charge >= 0.3 is 0 Å². The van der Waals surface area contributed by atoms with Crippen molar-refractivity contribution in [2.75, 3.05) is 0 Å². The molecule has 0 radical (unpaired) electrons. The van der Waals surface area contributed by atoms with Crippen molar-refractivity contribution in [1.82, 2.24) is 4.57 Å². The van der Waals surface area contributed by atoms with Gasteiger partial charge in [-0.1, -0.05) is 54.6 Å². The van der Waals surface area contributed by atoms with Gasteiger partial charge in [-0.25, -0.2) is 4.85 Å². The number of nitriles is 1. The lowest BCUT2D eigenvalue weighted by Crippen LogP contribution is -1.97. The van der Waals surface area contributed by atoms with Gasteiger partial charge in [0.2, 0.25) is 0 Å². The summed E-state index contributed by atoms with van der Waals surface area (Å²) in [5.41, 5.74) is 3.88. The minimum atomic E-state index is 0.474. The highest BCUT2D eigenvalue weighted by atomic mass is 15.0. The fourth-order valence-electron chi connectivity index (χ4n) is 3.88. The minimum absolute atomic E-state index is 0.474. The Kier molecular flexibility index (Phi) is 3.22. The zero-order valence-corrected chi connectivity index (χ0v) is 14.3. The molecule has 4 aromatic carbocycles. The van der Waals surface area contributed by atoms with E-state index in [9.17, 15) is 5.26 Å². The molecule has 124 valence electrons. The molecule has 0 N–H and O–H groups in total. The first-order valence-electron chi connectivity index (χ1n) is 8.65. The van der Waals surface area contributed by atoms with Crippen LogP contribution in [0.25, 0.3) is 43.1 Å². The van der Waals surface area contributed by atoms with E-state index in [1.165, 1.54) is 16.2 Å². The monoisotopic (exact) mass is 343 g/mol. The van der Waals surface area contributed by atoms with Gasteiger partial charge in [-0.3, -0.25) is 0 Å². The second kappa shape index (κ2) is 5.73. The van der Waals surface area contributed by atoms with Crippen molar-refractivity contribution in [1.29, 1.82) is 5.26 Å². The van der Waals surface area contributed by atoms with E-state index in [2.05, 4.69) is 57.9 Å². The molecule has 0 aliphatic carbocycles. The summed E-state index contributed by atoms with van der Waals surface area (Å²) in [5, 5.41) is 14.4. The Morgan fingerprint density at radius 3 is 2.41 bits per heavy atom. The summed E-state index contributed by atoms with van der Waals surface area (Å²) in [6, 6.07) is 28.4. The van der Waals surface area contributed by atoms with E-state index in [0.717, 1.165) is 22.1 Å². The third kappa shape index (κ3) is 2.13. The average molecular weight is 343 g/mol. The van der Waals surface area contributed by atoms with Crippen LogP contribution in [0.4, 0.5) is 5.69 Å². The van der Waals surface area contributed by atoms with E-state index in [1.54, 1.807) is 12.1 Å². The Hall–Kier alpha value is -4.08. The van der Waals surface area contributed by atoms with E-state index in [-0.39, 0.29) is 0 Å². The number of benzene rings is 4. The van der Waals surface area contributed by atoms with Gasteiger partial charge in [0.15, 0.2) is 5.69 Å². The van der Waals surface area contributed by atoms with Crippen LogP contribution in [0.2, 0.25) is 0 Å². The first-order chi connectivity index (χ1) is 13.3. The highest BCUT2D eigenvalue weighted by molar-refractivity contribution is 6.21. The molecule has 0 fully saturated rings. The number of aromatic nitrogens is 1. The maximum atomic E-state index is 9.69. The van der Waals surface area contributed by atoms with Gasteiger partial charge in [0.1, 0.15) is 0 Å². The molecule has 1 aromatic heterocycles. The third-order valence-corrected chi connectivity index (χ3v) is 5.03. The van der Waals surface area contributed by atoms with Crippen molar-refractivity contribution in [2.24, 2.45) is 0 Å². The van der Waals surface area contributed by atoms with Crippen LogP contribution in [0.3, 0.4) is 0 Å². The van der Waals surface area contributed by atoms with Crippen molar-refractivity contribution in [3.05, 3.63) is 95.8 Å². The van der Waals surface area contributed by atoms with Gasteiger partial charge in [0, 0.05) is 10.8 Å². The van der Waals surface area contributed by atoms with E-state index in [1.807, 2.05) is 24.3 Å². The molecule has 5 rings (SSSR count). The molecule has 0 aliphatic heterocycles. The molecule has 0 aliphatic rings. The zero-order chi connectivity index (χ0) is 18.4. The zero-order valence-electron chi connectivity index (χ0n) is 14.3. The quantitative estimate of drug-likeness (QED) is 0.326. The number of hydrogen-bond acceptors (Lipinski definition) is 1. The van der Waals surface area contributed by atoms with Gasteiger partial charge in [0.05, 0.1) is 34.9 Å². The minimum Gasteiger partial charge on any atom is -0.308 e. The lowest BCUT2D eigenvalue weighted by molar-refractivity contribution is 1.17. The predicted molar refractivity (Wildman–Crippen MR) is 109 cm³/mol. The van der Waals surface area contributed by atoms with Gasteiger partial charge in [-0.15, -0.1) is 0 Å². The Morgan fingerprint density at radius 1 is 0.815 bits per heavy atom. The normalized spacial score (nSPS) is 10.9. The average Bonchev–Trinajstić information content (AvgIpc) is 3.08. The molecule has 0 spiro atoms. The number of fused-ring (bicyclic) bond motifs is 5. The lowest BCUT2D eigenvalue weighted by Gasteiger charge is -2.10. The smallest absolute Gasteiger partial charge is 0.188 e. The Bertz CT molecular complexity index is 1440. The molecule has 27 heavy (non-hydrogen) atoms. The summed E-state index contributed by atoms with van der Waals surface area (Å²) in [6.45, 7) is 7.22. The largest absolute Gasteiger partial charge is 0.308 e. The van der Waals surface area contributed by atoms with Crippen LogP contribution < -0.4 is 0 Å². The fraction of sp³-hybridized carbons (Fsp3) is 0. The van der Waals surface area contributed by atoms with E-state index < -0.39 is 0 Å². The van der Waals surface area contributed by atoms with Crippen LogP contribution in [0.5, 0.6) is 0 Å². The van der Waals surface area contributed by atoms with Gasteiger partial charge < -0.3 is 4.57 Å². The summed E-state index contributed by atoms with van der Waals surface area (Å²) < 4.78 is 2.13. The van der Waals surface area contributed by atoms with Crippen LogP contribution in [0.1, 0.15) is 5.56 Å². The van der Waals surface area contributed by atoms with Crippen molar-refractivity contribution >= 4 is 38.3 Å². The highest BCUT2D eigenvalue weighted by Gasteiger charge is 2.16. The van der Waals surface area contributed by atoms with Crippen molar-refractivity contribution in [3.63, 3.8) is 0 Å². The molecule has 5 aromatic rings. The molecule has 3 nitrogen and oxygen atoms in total. The Balaban J connectivity index is 2.01. The molecule has 0 saturated heterocycles. The first kappa shape index (κ1) is 15.2. The summed E-state index contributed by atoms with van der Waals surface area (Å²) in [5.74, 6) is 0. The second-order valence-corrected chi connectivity index (χ2v) is 6.46. The predicted octanol–water partition coefficient (Wildman–Crippen LogP) is 6.36. The summed E-state index contributed by atoms with van der Waals surface area (Å²) in [7, 11) is 0. The maximum absolute atomic E-state index is 9.69. The maximum Gasteiger partial charge on any atom is 0.188 e. The SMILES string of the molecule is [C-]#[N+]c1ccc(-n2c3ccccc3c3c4ccccc4ccc32)c(C#N)c1. The van der Waals surface area contributed by atoms with Crippen molar-refractivity contribution in [3.8, 4) is 11.8 Å². The molecule has 0 amide bonds.